The van der Waals surface area contributed by atoms with Gasteiger partial charge in [0.25, 0.3) is 5.91 Å². The van der Waals surface area contributed by atoms with Gasteiger partial charge in [0.2, 0.25) is 0 Å². The molecule has 0 unspecified atom stereocenters. The summed E-state index contributed by atoms with van der Waals surface area (Å²) in [6.07, 6.45) is 1.48. The lowest BCUT2D eigenvalue weighted by Crippen LogP contribution is -2.15. The lowest BCUT2D eigenvalue weighted by Gasteiger charge is -2.06. The highest BCUT2D eigenvalue weighted by atomic mass is 35.5. The molecule has 2 aromatic rings. The Hall–Kier alpha value is -2.08. The highest BCUT2D eigenvalue weighted by Crippen LogP contribution is 2.25. The monoisotopic (exact) mass is 268 g/mol. The standard InChI is InChI=1S/C11H10ClFN4O/c1-17-5-8(14)10(16-17)11(18)15-9-6(12)3-2-4-7(9)13/h2-5H,14H2,1H3,(H,15,18). The molecule has 94 valence electrons. The van der Waals surface area contributed by atoms with Gasteiger partial charge < -0.3 is 11.1 Å². The molecule has 0 aliphatic heterocycles. The van der Waals surface area contributed by atoms with Crippen molar-refractivity contribution in [3.63, 3.8) is 0 Å². The van der Waals surface area contributed by atoms with Crippen molar-refractivity contribution in [3.8, 4) is 0 Å². The summed E-state index contributed by atoms with van der Waals surface area (Å²) in [6, 6.07) is 4.12. The first kappa shape index (κ1) is 12.4. The average molecular weight is 269 g/mol. The fraction of sp³-hybridized carbons (Fsp3) is 0.0909. The molecule has 0 radical (unpaired) electrons. The van der Waals surface area contributed by atoms with Gasteiger partial charge in [-0.3, -0.25) is 9.48 Å². The molecule has 0 aliphatic carbocycles. The van der Waals surface area contributed by atoms with Gasteiger partial charge in [-0.15, -0.1) is 0 Å². The Labute approximate surface area is 107 Å². The topological polar surface area (TPSA) is 72.9 Å². The molecule has 0 bridgehead atoms. The number of para-hydroxylation sites is 1. The first-order valence-corrected chi connectivity index (χ1v) is 5.41. The van der Waals surface area contributed by atoms with Gasteiger partial charge in [-0.25, -0.2) is 4.39 Å². The molecule has 18 heavy (non-hydrogen) atoms. The molecule has 0 aliphatic rings. The Balaban J connectivity index is 2.30. The molecule has 1 aromatic heterocycles. The minimum Gasteiger partial charge on any atom is -0.396 e. The summed E-state index contributed by atoms with van der Waals surface area (Å²) in [6.45, 7) is 0. The Kier molecular flexibility index (Phi) is 3.20. The van der Waals surface area contributed by atoms with Gasteiger partial charge >= 0.3 is 0 Å². The number of nitrogens with two attached hydrogens (primary N) is 1. The molecule has 2 rings (SSSR count). The average Bonchev–Trinajstić information content (AvgIpc) is 2.63. The summed E-state index contributed by atoms with van der Waals surface area (Å²) >= 11 is 5.79. The maximum absolute atomic E-state index is 13.5. The van der Waals surface area contributed by atoms with Crippen molar-refractivity contribution in [2.24, 2.45) is 7.05 Å². The highest BCUT2D eigenvalue weighted by Gasteiger charge is 2.17. The number of hydrogen-bond donors (Lipinski definition) is 2. The molecule has 0 saturated carbocycles. The van der Waals surface area contributed by atoms with Crippen molar-refractivity contribution < 1.29 is 9.18 Å². The minimum atomic E-state index is -0.620. The number of aromatic nitrogens is 2. The summed E-state index contributed by atoms with van der Waals surface area (Å²) < 4.78 is 14.9. The number of benzene rings is 1. The third-order valence-corrected chi connectivity index (χ3v) is 2.59. The SMILES string of the molecule is Cn1cc(N)c(C(=O)Nc2c(F)cccc2Cl)n1. The van der Waals surface area contributed by atoms with Crippen LogP contribution in [0.4, 0.5) is 15.8 Å². The normalized spacial score (nSPS) is 10.4. The van der Waals surface area contributed by atoms with Gasteiger partial charge in [0, 0.05) is 13.2 Å². The second kappa shape index (κ2) is 4.66. The molecule has 0 atom stereocenters. The lowest BCUT2D eigenvalue weighted by atomic mass is 10.3. The van der Waals surface area contributed by atoms with E-state index in [-0.39, 0.29) is 22.1 Å². The number of nitrogens with zero attached hydrogens (tertiary/aromatic N) is 2. The molecule has 1 amide bonds. The molecule has 0 spiro atoms. The zero-order valence-corrected chi connectivity index (χ0v) is 10.2. The summed E-state index contributed by atoms with van der Waals surface area (Å²) in [4.78, 5) is 11.9. The van der Waals surface area contributed by atoms with Crippen LogP contribution in [0.5, 0.6) is 0 Å². The second-order valence-electron chi connectivity index (χ2n) is 3.66. The molecular weight excluding hydrogens is 259 g/mol. The molecule has 1 aromatic carbocycles. The number of carbonyl (C=O) groups excluding carboxylic acids is 1. The molecule has 3 N–H and O–H groups in total. The number of carbonyl (C=O) groups is 1. The fourth-order valence-electron chi connectivity index (χ4n) is 1.47. The Bertz CT molecular complexity index is 591. The molecule has 5 nitrogen and oxygen atoms in total. The van der Waals surface area contributed by atoms with E-state index in [0.717, 1.165) is 0 Å². The molecular formula is C11H10ClFN4O. The van der Waals surface area contributed by atoms with Crippen LogP contribution in [0.3, 0.4) is 0 Å². The van der Waals surface area contributed by atoms with Crippen molar-refractivity contribution in [3.05, 3.63) is 40.9 Å². The van der Waals surface area contributed by atoms with E-state index in [9.17, 15) is 9.18 Å². The van der Waals surface area contributed by atoms with Crippen LogP contribution in [0, 0.1) is 5.82 Å². The number of nitrogen functional groups attached to an aromatic ring is 1. The largest absolute Gasteiger partial charge is 0.396 e. The predicted octanol–water partition coefficient (Wildman–Crippen LogP) is 2.05. The number of anilines is 2. The van der Waals surface area contributed by atoms with Gasteiger partial charge in [0.1, 0.15) is 5.82 Å². The van der Waals surface area contributed by atoms with Gasteiger partial charge in [-0.05, 0) is 12.1 Å². The van der Waals surface area contributed by atoms with Crippen molar-refractivity contribution >= 4 is 28.9 Å². The third kappa shape index (κ3) is 2.28. The Morgan fingerprint density at radius 2 is 2.28 bits per heavy atom. The van der Waals surface area contributed by atoms with Gasteiger partial charge in [0.15, 0.2) is 5.69 Å². The van der Waals surface area contributed by atoms with Crippen LogP contribution in [0.15, 0.2) is 24.4 Å². The zero-order chi connectivity index (χ0) is 13.3. The van der Waals surface area contributed by atoms with E-state index in [2.05, 4.69) is 10.4 Å². The predicted molar refractivity (Wildman–Crippen MR) is 67.0 cm³/mol. The summed E-state index contributed by atoms with van der Waals surface area (Å²) in [5.41, 5.74) is 5.75. The molecule has 0 fully saturated rings. The van der Waals surface area contributed by atoms with Crippen LogP contribution in [0.25, 0.3) is 0 Å². The third-order valence-electron chi connectivity index (χ3n) is 2.27. The number of amides is 1. The molecule has 1 heterocycles. The van der Waals surface area contributed by atoms with Crippen LogP contribution in [0.2, 0.25) is 5.02 Å². The smallest absolute Gasteiger partial charge is 0.278 e. The van der Waals surface area contributed by atoms with Crippen LogP contribution in [-0.2, 0) is 7.05 Å². The van der Waals surface area contributed by atoms with Crippen molar-refractivity contribution in [2.45, 2.75) is 0 Å². The van der Waals surface area contributed by atoms with E-state index in [1.54, 1.807) is 7.05 Å². The van der Waals surface area contributed by atoms with E-state index in [1.165, 1.54) is 29.1 Å². The quantitative estimate of drug-likeness (QED) is 0.875. The first-order chi connectivity index (χ1) is 8.49. The Morgan fingerprint density at radius 1 is 1.56 bits per heavy atom. The molecule has 7 heteroatoms. The van der Waals surface area contributed by atoms with E-state index in [1.807, 2.05) is 0 Å². The van der Waals surface area contributed by atoms with Crippen molar-refractivity contribution in [2.75, 3.05) is 11.1 Å². The van der Waals surface area contributed by atoms with Gasteiger partial charge in [0.05, 0.1) is 16.4 Å². The zero-order valence-electron chi connectivity index (χ0n) is 9.45. The lowest BCUT2D eigenvalue weighted by molar-refractivity contribution is 0.102. The van der Waals surface area contributed by atoms with E-state index in [0.29, 0.717) is 0 Å². The first-order valence-electron chi connectivity index (χ1n) is 5.03. The van der Waals surface area contributed by atoms with Gasteiger partial charge in [-0.1, -0.05) is 17.7 Å². The van der Waals surface area contributed by atoms with E-state index in [4.69, 9.17) is 17.3 Å². The van der Waals surface area contributed by atoms with Crippen molar-refractivity contribution in [1.82, 2.24) is 9.78 Å². The number of nitrogens with one attached hydrogen (secondary N) is 1. The van der Waals surface area contributed by atoms with Crippen LogP contribution < -0.4 is 11.1 Å². The summed E-state index contributed by atoms with van der Waals surface area (Å²) in [5.74, 6) is -1.23. The number of halogens is 2. The Morgan fingerprint density at radius 3 is 2.83 bits per heavy atom. The maximum Gasteiger partial charge on any atom is 0.278 e. The number of hydrogen-bond acceptors (Lipinski definition) is 3. The van der Waals surface area contributed by atoms with Crippen LogP contribution >= 0.6 is 11.6 Å². The summed E-state index contributed by atoms with van der Waals surface area (Å²) in [7, 11) is 1.63. The molecule has 0 saturated heterocycles. The van der Waals surface area contributed by atoms with Crippen LogP contribution in [-0.4, -0.2) is 15.7 Å². The fourth-order valence-corrected chi connectivity index (χ4v) is 1.68. The van der Waals surface area contributed by atoms with Crippen LogP contribution in [0.1, 0.15) is 10.5 Å². The van der Waals surface area contributed by atoms with E-state index >= 15 is 0 Å². The van der Waals surface area contributed by atoms with Gasteiger partial charge in [-0.2, -0.15) is 5.10 Å². The van der Waals surface area contributed by atoms with E-state index < -0.39 is 11.7 Å². The highest BCUT2D eigenvalue weighted by molar-refractivity contribution is 6.34. The number of aryl methyl sites for hydroxylation is 1. The second-order valence-corrected chi connectivity index (χ2v) is 4.06. The van der Waals surface area contributed by atoms with Crippen molar-refractivity contribution in [1.29, 1.82) is 0 Å². The minimum absolute atomic E-state index is 0.0248. The number of rotatable bonds is 2. The summed E-state index contributed by atoms with van der Waals surface area (Å²) in [5, 5.41) is 6.34. The maximum atomic E-state index is 13.5.